The molecule has 0 amide bonds. The molecule has 1 aliphatic carbocycles. The number of benzene rings is 9. The zero-order valence-electron chi connectivity index (χ0n) is 30.8. The third kappa shape index (κ3) is 4.88. The Hall–Kier alpha value is -6.90. The number of nitrogens with zero attached hydrogens (tertiary/aromatic N) is 1. The number of rotatable bonds is 5. The molecule has 0 atom stereocenters. The minimum atomic E-state index is -0.104. The Kier molecular flexibility index (Phi) is 6.93. The second-order valence-electron chi connectivity index (χ2n) is 15.3. The molecule has 11 rings (SSSR count). The number of hydrogen-bond acceptors (Lipinski definition) is 2. The standard InChI is InChI=1S/C53H37NO/c1-53(2)48-19-8-7-16-45(48)46-32-30-40(33-49(46)53)54(38-26-21-36(22-27-38)42-17-9-13-34-11-3-5-14-41(34)42)39-28-23-37(24-29-39)43-18-10-20-50-51(43)47-31-25-35-12-4-6-15-44(35)52(47)55-50/h3-33H,1-2H3. The third-order valence-corrected chi connectivity index (χ3v) is 11.9. The van der Waals surface area contributed by atoms with Crippen LogP contribution in [-0.2, 0) is 5.41 Å². The van der Waals surface area contributed by atoms with Gasteiger partial charge in [-0.1, -0.05) is 153 Å². The fourth-order valence-electron chi connectivity index (χ4n) is 9.13. The van der Waals surface area contributed by atoms with Gasteiger partial charge >= 0.3 is 0 Å². The van der Waals surface area contributed by atoms with Gasteiger partial charge in [-0.15, -0.1) is 0 Å². The van der Waals surface area contributed by atoms with Gasteiger partial charge in [0.15, 0.2) is 0 Å². The summed E-state index contributed by atoms with van der Waals surface area (Å²) in [6.07, 6.45) is 0. The maximum absolute atomic E-state index is 6.54. The Labute approximate surface area is 320 Å². The van der Waals surface area contributed by atoms with E-state index in [9.17, 15) is 0 Å². The van der Waals surface area contributed by atoms with Crippen LogP contribution in [0, 0.1) is 0 Å². The lowest BCUT2D eigenvalue weighted by atomic mass is 9.82. The van der Waals surface area contributed by atoms with Gasteiger partial charge in [0.25, 0.3) is 0 Å². The molecule has 0 saturated heterocycles. The monoisotopic (exact) mass is 703 g/mol. The van der Waals surface area contributed by atoms with Gasteiger partial charge in [0, 0.05) is 38.6 Å². The SMILES string of the molecule is CC1(C)c2ccccc2-c2ccc(N(c3ccc(-c4cccc5ccccc45)cc3)c3ccc(-c4cccc5oc6c7ccccc7ccc6c45)cc3)cc21. The first-order valence-electron chi connectivity index (χ1n) is 19.1. The van der Waals surface area contributed by atoms with Gasteiger partial charge in [-0.3, -0.25) is 0 Å². The van der Waals surface area contributed by atoms with E-state index in [2.05, 4.69) is 207 Å². The zero-order chi connectivity index (χ0) is 36.7. The zero-order valence-corrected chi connectivity index (χ0v) is 30.8. The molecule has 0 spiro atoms. The number of hydrogen-bond donors (Lipinski definition) is 0. The van der Waals surface area contributed by atoms with E-state index in [0.29, 0.717) is 0 Å². The van der Waals surface area contributed by atoms with Gasteiger partial charge in [-0.25, -0.2) is 0 Å². The van der Waals surface area contributed by atoms with E-state index in [4.69, 9.17) is 4.42 Å². The molecule has 10 aromatic rings. The van der Waals surface area contributed by atoms with Crippen LogP contribution in [0.3, 0.4) is 0 Å². The second-order valence-corrected chi connectivity index (χ2v) is 15.3. The van der Waals surface area contributed by atoms with Gasteiger partial charge in [-0.05, 0) is 109 Å². The molecule has 2 nitrogen and oxygen atoms in total. The van der Waals surface area contributed by atoms with Crippen molar-refractivity contribution in [1.82, 2.24) is 0 Å². The first-order chi connectivity index (χ1) is 27.0. The molecule has 0 fully saturated rings. The van der Waals surface area contributed by atoms with Crippen molar-refractivity contribution in [1.29, 1.82) is 0 Å². The Morgan fingerprint density at radius 3 is 1.75 bits per heavy atom. The normalized spacial score (nSPS) is 13.1. The summed E-state index contributed by atoms with van der Waals surface area (Å²) in [4.78, 5) is 2.40. The molecule has 0 N–H and O–H groups in total. The van der Waals surface area contributed by atoms with Crippen molar-refractivity contribution in [3.05, 3.63) is 199 Å². The van der Waals surface area contributed by atoms with E-state index in [0.717, 1.165) is 50.0 Å². The molecule has 2 heteroatoms. The van der Waals surface area contributed by atoms with Crippen LogP contribution in [0.4, 0.5) is 17.1 Å². The maximum Gasteiger partial charge on any atom is 0.143 e. The lowest BCUT2D eigenvalue weighted by Crippen LogP contribution is -2.16. The van der Waals surface area contributed by atoms with Gasteiger partial charge < -0.3 is 9.32 Å². The summed E-state index contributed by atoms with van der Waals surface area (Å²) >= 11 is 0. The summed E-state index contributed by atoms with van der Waals surface area (Å²) in [5.41, 5.74) is 15.2. The van der Waals surface area contributed by atoms with Crippen molar-refractivity contribution in [2.45, 2.75) is 19.3 Å². The largest absolute Gasteiger partial charge is 0.455 e. The predicted molar refractivity (Wildman–Crippen MR) is 232 cm³/mol. The third-order valence-electron chi connectivity index (χ3n) is 11.9. The van der Waals surface area contributed by atoms with Crippen molar-refractivity contribution in [2.24, 2.45) is 0 Å². The Balaban J connectivity index is 1.04. The molecule has 9 aromatic carbocycles. The average molecular weight is 704 g/mol. The molecule has 1 aliphatic rings. The van der Waals surface area contributed by atoms with Crippen molar-refractivity contribution in [3.63, 3.8) is 0 Å². The van der Waals surface area contributed by atoms with E-state index in [1.165, 1.54) is 55.1 Å². The molecular weight excluding hydrogens is 667 g/mol. The van der Waals surface area contributed by atoms with Crippen LogP contribution in [0.2, 0.25) is 0 Å². The highest BCUT2D eigenvalue weighted by molar-refractivity contribution is 6.19. The van der Waals surface area contributed by atoms with E-state index in [1.807, 2.05) is 0 Å². The minimum absolute atomic E-state index is 0.104. The molecule has 0 bridgehead atoms. The van der Waals surface area contributed by atoms with Crippen LogP contribution in [0.1, 0.15) is 25.0 Å². The molecule has 0 saturated carbocycles. The minimum Gasteiger partial charge on any atom is -0.455 e. The van der Waals surface area contributed by atoms with E-state index in [-0.39, 0.29) is 5.41 Å². The average Bonchev–Trinajstić information content (AvgIpc) is 3.74. The van der Waals surface area contributed by atoms with E-state index in [1.54, 1.807) is 0 Å². The summed E-state index contributed by atoms with van der Waals surface area (Å²) < 4.78 is 6.54. The first-order valence-corrected chi connectivity index (χ1v) is 19.1. The number of furan rings is 1. The number of fused-ring (bicyclic) bond motifs is 9. The molecule has 0 unspecified atom stereocenters. The first kappa shape index (κ1) is 31.6. The predicted octanol–water partition coefficient (Wildman–Crippen LogP) is 15.0. The van der Waals surface area contributed by atoms with E-state index < -0.39 is 0 Å². The summed E-state index contributed by atoms with van der Waals surface area (Å²) in [5.74, 6) is 0. The van der Waals surface area contributed by atoms with Gasteiger partial charge in [0.1, 0.15) is 11.2 Å². The molecule has 55 heavy (non-hydrogen) atoms. The molecular formula is C53H37NO. The fourth-order valence-corrected chi connectivity index (χ4v) is 9.13. The van der Waals surface area contributed by atoms with Crippen LogP contribution >= 0.6 is 0 Å². The molecule has 1 aromatic heterocycles. The summed E-state index contributed by atoms with van der Waals surface area (Å²) in [5, 5.41) is 7.13. The van der Waals surface area contributed by atoms with Crippen LogP contribution < -0.4 is 4.90 Å². The highest BCUT2D eigenvalue weighted by Crippen LogP contribution is 2.51. The van der Waals surface area contributed by atoms with Crippen molar-refractivity contribution >= 4 is 60.5 Å². The fraction of sp³-hybridized carbons (Fsp3) is 0.0566. The van der Waals surface area contributed by atoms with Crippen LogP contribution in [0.5, 0.6) is 0 Å². The summed E-state index contributed by atoms with van der Waals surface area (Å²) in [6, 6.07) is 68.4. The Morgan fingerprint density at radius 2 is 0.964 bits per heavy atom. The van der Waals surface area contributed by atoms with Crippen LogP contribution in [0.15, 0.2) is 192 Å². The lowest BCUT2D eigenvalue weighted by molar-refractivity contribution is 0.660. The van der Waals surface area contributed by atoms with Gasteiger partial charge in [-0.2, -0.15) is 0 Å². The topological polar surface area (TPSA) is 16.4 Å². The highest BCUT2D eigenvalue weighted by atomic mass is 16.3. The molecule has 260 valence electrons. The molecule has 0 radical (unpaired) electrons. The molecule has 1 heterocycles. The Morgan fingerprint density at radius 1 is 0.400 bits per heavy atom. The summed E-state index contributed by atoms with van der Waals surface area (Å²) in [6.45, 7) is 4.70. The number of anilines is 3. The quantitative estimate of drug-likeness (QED) is 0.177. The second kappa shape index (κ2) is 12.1. The Bertz CT molecular complexity index is 3110. The van der Waals surface area contributed by atoms with Crippen LogP contribution in [0.25, 0.3) is 76.9 Å². The van der Waals surface area contributed by atoms with Gasteiger partial charge in [0.05, 0.1) is 0 Å². The highest BCUT2D eigenvalue weighted by Gasteiger charge is 2.35. The van der Waals surface area contributed by atoms with Crippen molar-refractivity contribution < 1.29 is 4.42 Å². The van der Waals surface area contributed by atoms with Crippen molar-refractivity contribution in [3.8, 4) is 33.4 Å². The van der Waals surface area contributed by atoms with Crippen molar-refractivity contribution in [2.75, 3.05) is 4.90 Å². The van der Waals surface area contributed by atoms with Gasteiger partial charge in [0.2, 0.25) is 0 Å². The lowest BCUT2D eigenvalue weighted by Gasteiger charge is -2.28. The smallest absolute Gasteiger partial charge is 0.143 e. The maximum atomic E-state index is 6.54. The van der Waals surface area contributed by atoms with E-state index >= 15 is 0 Å². The van der Waals surface area contributed by atoms with Crippen LogP contribution in [-0.4, -0.2) is 0 Å². The summed E-state index contributed by atoms with van der Waals surface area (Å²) in [7, 11) is 0. The molecule has 0 aliphatic heterocycles.